The second-order valence-electron chi connectivity index (χ2n) is 5.83. The lowest BCUT2D eigenvalue weighted by Crippen LogP contribution is -2.40. The van der Waals surface area contributed by atoms with E-state index in [-0.39, 0.29) is 0 Å². The predicted octanol–water partition coefficient (Wildman–Crippen LogP) is 2.87. The minimum absolute atomic E-state index is 0.691. The highest BCUT2D eigenvalue weighted by Gasteiger charge is 2.01. The monoisotopic (exact) mass is 324 g/mol. The summed E-state index contributed by atoms with van der Waals surface area (Å²) in [5.74, 6) is 0.870. The Hall–Kier alpha value is -2.33. The first kappa shape index (κ1) is 18.0. The fourth-order valence-corrected chi connectivity index (χ4v) is 2.43. The van der Waals surface area contributed by atoms with Gasteiger partial charge in [0, 0.05) is 26.2 Å². The van der Waals surface area contributed by atoms with E-state index in [1.165, 1.54) is 11.1 Å². The van der Waals surface area contributed by atoms with Crippen LogP contribution in [0.1, 0.15) is 18.1 Å². The van der Waals surface area contributed by atoms with Gasteiger partial charge in [0.05, 0.1) is 6.54 Å². The molecule has 0 bridgehead atoms. The molecule has 0 amide bonds. The smallest absolute Gasteiger partial charge is 0.191 e. The molecule has 0 aliphatic heterocycles. The Labute approximate surface area is 145 Å². The molecule has 0 aliphatic rings. The molecule has 2 rings (SSSR count). The molecular weight excluding hydrogens is 296 g/mol. The number of nitrogens with one attached hydrogen (secondary N) is 2. The molecule has 4 nitrogen and oxygen atoms in total. The Morgan fingerprint density at radius 2 is 1.54 bits per heavy atom. The van der Waals surface area contributed by atoms with Gasteiger partial charge in [-0.15, -0.1) is 0 Å². The Balaban J connectivity index is 1.76. The van der Waals surface area contributed by atoms with Crippen LogP contribution in [0.2, 0.25) is 0 Å². The Kier molecular flexibility index (Phi) is 7.84. The maximum atomic E-state index is 4.64. The molecule has 0 saturated carbocycles. The molecule has 24 heavy (non-hydrogen) atoms. The first-order chi connectivity index (χ1) is 11.8. The topological polar surface area (TPSA) is 39.7 Å². The van der Waals surface area contributed by atoms with Crippen molar-refractivity contribution >= 4 is 5.96 Å². The molecule has 0 radical (unpaired) electrons. The number of guanidine groups is 1. The summed E-state index contributed by atoms with van der Waals surface area (Å²) in [6, 6.07) is 20.9. The van der Waals surface area contributed by atoms with Crippen LogP contribution >= 0.6 is 0 Å². The van der Waals surface area contributed by atoms with Crippen molar-refractivity contribution in [2.75, 3.05) is 26.7 Å². The Morgan fingerprint density at radius 1 is 0.917 bits per heavy atom. The molecule has 0 aliphatic carbocycles. The minimum Gasteiger partial charge on any atom is -0.357 e. The van der Waals surface area contributed by atoms with Gasteiger partial charge in [0.15, 0.2) is 5.96 Å². The summed E-state index contributed by atoms with van der Waals surface area (Å²) < 4.78 is 0. The average Bonchev–Trinajstić information content (AvgIpc) is 2.61. The van der Waals surface area contributed by atoms with E-state index in [9.17, 15) is 0 Å². The summed E-state index contributed by atoms with van der Waals surface area (Å²) in [6.45, 7) is 6.42. The molecule has 0 fully saturated rings. The average molecular weight is 324 g/mol. The molecule has 0 heterocycles. The maximum absolute atomic E-state index is 4.64. The summed E-state index contributed by atoms with van der Waals surface area (Å²) in [5, 5.41) is 6.70. The van der Waals surface area contributed by atoms with Crippen LogP contribution in [0, 0.1) is 0 Å². The number of nitrogens with zero attached hydrogens (tertiary/aromatic N) is 2. The van der Waals surface area contributed by atoms with Crippen molar-refractivity contribution in [3.05, 3.63) is 71.8 Å². The highest BCUT2D eigenvalue weighted by atomic mass is 15.2. The van der Waals surface area contributed by atoms with Crippen molar-refractivity contribution in [2.24, 2.45) is 4.99 Å². The second kappa shape index (κ2) is 10.4. The van der Waals surface area contributed by atoms with Gasteiger partial charge in [-0.1, -0.05) is 60.7 Å². The number of hydrogen-bond acceptors (Lipinski definition) is 2. The van der Waals surface area contributed by atoms with Crippen molar-refractivity contribution < 1.29 is 0 Å². The quantitative estimate of drug-likeness (QED) is 0.579. The standard InChI is InChI=1S/C20H28N4/c1-3-21-20(23-16-18-10-6-4-7-11-18)22-14-15-24(2)17-19-12-8-5-9-13-19/h4-13H,3,14-17H2,1-2H3,(H2,21,22,23). The Bertz CT molecular complexity index is 596. The third-order valence-electron chi connectivity index (χ3n) is 3.69. The summed E-state index contributed by atoms with van der Waals surface area (Å²) >= 11 is 0. The first-order valence-electron chi connectivity index (χ1n) is 8.56. The molecule has 0 spiro atoms. The lowest BCUT2D eigenvalue weighted by atomic mass is 10.2. The molecule has 0 atom stereocenters. The molecule has 0 saturated heterocycles. The molecule has 0 unspecified atom stereocenters. The fraction of sp³-hybridized carbons (Fsp3) is 0.350. The van der Waals surface area contributed by atoms with E-state index in [4.69, 9.17) is 0 Å². The van der Waals surface area contributed by atoms with Crippen molar-refractivity contribution in [1.29, 1.82) is 0 Å². The fourth-order valence-electron chi connectivity index (χ4n) is 2.43. The van der Waals surface area contributed by atoms with Crippen LogP contribution in [0.3, 0.4) is 0 Å². The molecule has 2 aromatic carbocycles. The van der Waals surface area contributed by atoms with E-state index < -0.39 is 0 Å². The highest BCUT2D eigenvalue weighted by Crippen LogP contribution is 2.02. The van der Waals surface area contributed by atoms with E-state index in [0.717, 1.165) is 32.1 Å². The van der Waals surface area contributed by atoms with Gasteiger partial charge >= 0.3 is 0 Å². The Morgan fingerprint density at radius 3 is 2.17 bits per heavy atom. The van der Waals surface area contributed by atoms with E-state index >= 15 is 0 Å². The van der Waals surface area contributed by atoms with Crippen molar-refractivity contribution in [1.82, 2.24) is 15.5 Å². The van der Waals surface area contributed by atoms with E-state index in [0.29, 0.717) is 6.54 Å². The maximum Gasteiger partial charge on any atom is 0.191 e. The number of aliphatic imine (C=N–C) groups is 1. The van der Waals surface area contributed by atoms with Crippen molar-refractivity contribution in [3.8, 4) is 0 Å². The summed E-state index contributed by atoms with van der Waals surface area (Å²) in [6.07, 6.45) is 0. The zero-order chi connectivity index (χ0) is 17.0. The largest absolute Gasteiger partial charge is 0.357 e. The molecule has 2 N–H and O–H groups in total. The van der Waals surface area contributed by atoms with Crippen LogP contribution in [0.4, 0.5) is 0 Å². The molecule has 128 valence electrons. The summed E-state index contributed by atoms with van der Waals surface area (Å²) in [7, 11) is 2.14. The normalized spacial score (nSPS) is 11.5. The minimum atomic E-state index is 0.691. The zero-order valence-corrected chi connectivity index (χ0v) is 14.7. The predicted molar refractivity (Wildman–Crippen MR) is 102 cm³/mol. The van der Waals surface area contributed by atoms with Gasteiger partial charge in [-0.2, -0.15) is 0 Å². The van der Waals surface area contributed by atoms with Crippen LogP contribution in [0.25, 0.3) is 0 Å². The lowest BCUT2D eigenvalue weighted by molar-refractivity contribution is 0.331. The number of rotatable bonds is 8. The summed E-state index contributed by atoms with van der Waals surface area (Å²) in [5.41, 5.74) is 2.56. The second-order valence-corrected chi connectivity index (χ2v) is 5.83. The van der Waals surface area contributed by atoms with Crippen LogP contribution in [0.15, 0.2) is 65.7 Å². The van der Waals surface area contributed by atoms with Crippen LogP contribution < -0.4 is 10.6 Å². The number of likely N-dealkylation sites (N-methyl/N-ethyl adjacent to an activating group) is 1. The zero-order valence-electron chi connectivity index (χ0n) is 14.7. The van der Waals surface area contributed by atoms with Gasteiger partial charge in [0.2, 0.25) is 0 Å². The SMILES string of the molecule is CCNC(=NCc1ccccc1)NCCN(C)Cc1ccccc1. The van der Waals surface area contributed by atoms with Crippen LogP contribution in [-0.4, -0.2) is 37.5 Å². The van der Waals surface area contributed by atoms with E-state index in [1.54, 1.807) is 0 Å². The lowest BCUT2D eigenvalue weighted by Gasteiger charge is -2.18. The molecular formula is C20H28N4. The van der Waals surface area contributed by atoms with Crippen LogP contribution in [-0.2, 0) is 13.1 Å². The van der Waals surface area contributed by atoms with E-state index in [2.05, 4.69) is 77.0 Å². The van der Waals surface area contributed by atoms with E-state index in [1.807, 2.05) is 18.2 Å². The van der Waals surface area contributed by atoms with Gasteiger partial charge in [0.1, 0.15) is 0 Å². The van der Waals surface area contributed by atoms with Gasteiger partial charge in [-0.05, 0) is 25.1 Å². The third-order valence-corrected chi connectivity index (χ3v) is 3.69. The number of hydrogen-bond donors (Lipinski definition) is 2. The number of benzene rings is 2. The van der Waals surface area contributed by atoms with Gasteiger partial charge < -0.3 is 15.5 Å². The third kappa shape index (κ3) is 6.84. The first-order valence-corrected chi connectivity index (χ1v) is 8.56. The molecule has 0 aromatic heterocycles. The van der Waals surface area contributed by atoms with Crippen molar-refractivity contribution in [2.45, 2.75) is 20.0 Å². The van der Waals surface area contributed by atoms with Crippen LogP contribution in [0.5, 0.6) is 0 Å². The highest BCUT2D eigenvalue weighted by molar-refractivity contribution is 5.79. The van der Waals surface area contributed by atoms with Crippen molar-refractivity contribution in [3.63, 3.8) is 0 Å². The van der Waals surface area contributed by atoms with Gasteiger partial charge in [-0.25, -0.2) is 4.99 Å². The summed E-state index contributed by atoms with van der Waals surface area (Å²) in [4.78, 5) is 6.95. The van der Waals surface area contributed by atoms with Gasteiger partial charge in [-0.3, -0.25) is 0 Å². The molecule has 4 heteroatoms. The molecule has 2 aromatic rings. The van der Waals surface area contributed by atoms with Gasteiger partial charge in [0.25, 0.3) is 0 Å².